The fourth-order valence-corrected chi connectivity index (χ4v) is 1.82. The Hall–Kier alpha value is -0.0800. The van der Waals surface area contributed by atoms with Crippen LogP contribution in [0.25, 0.3) is 0 Å². The van der Waals surface area contributed by atoms with Crippen LogP contribution in [-0.4, -0.2) is 19.3 Å². The van der Waals surface area contributed by atoms with E-state index in [1.165, 1.54) is 25.7 Å². The van der Waals surface area contributed by atoms with E-state index in [-0.39, 0.29) is 0 Å². The highest BCUT2D eigenvalue weighted by atomic mass is 16.5. The fourth-order valence-electron chi connectivity index (χ4n) is 1.82. The van der Waals surface area contributed by atoms with E-state index in [9.17, 15) is 0 Å². The average Bonchev–Trinajstić information content (AvgIpc) is 2.52. The van der Waals surface area contributed by atoms with Crippen molar-refractivity contribution in [3.63, 3.8) is 0 Å². The molecule has 2 N–H and O–H groups in total. The highest BCUT2D eigenvalue weighted by Crippen LogP contribution is 2.28. The first-order valence-electron chi connectivity index (χ1n) is 4.66. The third-order valence-corrected chi connectivity index (χ3v) is 2.56. The van der Waals surface area contributed by atoms with Gasteiger partial charge in [-0.2, -0.15) is 0 Å². The van der Waals surface area contributed by atoms with Gasteiger partial charge in [0.1, 0.15) is 0 Å². The van der Waals surface area contributed by atoms with Gasteiger partial charge in [0.05, 0.1) is 12.7 Å². The Bertz CT molecular complexity index is 99.7. The Kier molecular flexibility index (Phi) is 3.87. The second-order valence-corrected chi connectivity index (χ2v) is 3.41. The van der Waals surface area contributed by atoms with Crippen LogP contribution in [0.4, 0.5) is 0 Å². The molecule has 0 aliphatic heterocycles. The smallest absolute Gasteiger partial charge is 0.0592 e. The molecule has 0 radical (unpaired) electrons. The lowest BCUT2D eigenvalue weighted by molar-refractivity contribution is 0.0317. The minimum atomic E-state index is 0.432. The Morgan fingerprint density at radius 2 is 2.09 bits per heavy atom. The average molecular weight is 157 g/mol. The number of hydrogen-bond donors (Lipinski definition) is 1. The van der Waals surface area contributed by atoms with E-state index in [1.807, 2.05) is 0 Å². The Morgan fingerprint density at radius 3 is 2.64 bits per heavy atom. The molecule has 0 saturated heterocycles. The van der Waals surface area contributed by atoms with Crippen molar-refractivity contribution in [1.29, 1.82) is 0 Å². The SMILES string of the molecule is CC(OCCN)C1CCCC1. The van der Waals surface area contributed by atoms with Crippen molar-refractivity contribution >= 4 is 0 Å². The van der Waals surface area contributed by atoms with Crippen LogP contribution >= 0.6 is 0 Å². The molecule has 1 rings (SSSR count). The molecule has 1 fully saturated rings. The summed E-state index contributed by atoms with van der Waals surface area (Å²) in [6.07, 6.45) is 5.92. The van der Waals surface area contributed by atoms with Crippen LogP contribution in [0.15, 0.2) is 0 Å². The van der Waals surface area contributed by atoms with Gasteiger partial charge >= 0.3 is 0 Å². The third-order valence-electron chi connectivity index (χ3n) is 2.56. The Balaban J connectivity index is 2.12. The van der Waals surface area contributed by atoms with Gasteiger partial charge in [0.15, 0.2) is 0 Å². The molecular formula is C9H19NO. The molecule has 0 amide bonds. The van der Waals surface area contributed by atoms with E-state index >= 15 is 0 Å². The Labute approximate surface area is 69.1 Å². The van der Waals surface area contributed by atoms with Gasteiger partial charge in [0, 0.05) is 6.54 Å². The van der Waals surface area contributed by atoms with Crippen molar-refractivity contribution in [2.75, 3.05) is 13.2 Å². The topological polar surface area (TPSA) is 35.2 Å². The number of rotatable bonds is 4. The Morgan fingerprint density at radius 1 is 1.45 bits per heavy atom. The van der Waals surface area contributed by atoms with Crippen LogP contribution in [0.3, 0.4) is 0 Å². The van der Waals surface area contributed by atoms with Crippen LogP contribution in [0.5, 0.6) is 0 Å². The predicted molar refractivity (Wildman–Crippen MR) is 46.4 cm³/mol. The van der Waals surface area contributed by atoms with E-state index < -0.39 is 0 Å². The lowest BCUT2D eigenvalue weighted by atomic mass is 10.0. The molecule has 11 heavy (non-hydrogen) atoms. The maximum Gasteiger partial charge on any atom is 0.0592 e. The molecule has 0 heterocycles. The molecule has 0 aromatic heterocycles. The highest BCUT2D eigenvalue weighted by Gasteiger charge is 2.21. The van der Waals surface area contributed by atoms with Gasteiger partial charge < -0.3 is 10.5 Å². The minimum Gasteiger partial charge on any atom is -0.377 e. The molecule has 1 saturated carbocycles. The van der Waals surface area contributed by atoms with Gasteiger partial charge in [-0.3, -0.25) is 0 Å². The van der Waals surface area contributed by atoms with Gasteiger partial charge in [-0.15, -0.1) is 0 Å². The maximum atomic E-state index is 5.55. The third kappa shape index (κ3) is 2.80. The van der Waals surface area contributed by atoms with Crippen molar-refractivity contribution in [1.82, 2.24) is 0 Å². The molecule has 1 atom stereocenters. The molecule has 2 nitrogen and oxygen atoms in total. The summed E-state index contributed by atoms with van der Waals surface area (Å²) in [6, 6.07) is 0. The largest absolute Gasteiger partial charge is 0.377 e. The van der Waals surface area contributed by atoms with Crippen molar-refractivity contribution in [3.8, 4) is 0 Å². The summed E-state index contributed by atoms with van der Waals surface area (Å²) in [4.78, 5) is 0. The standard InChI is InChI=1S/C9H19NO/c1-8(11-7-6-10)9-4-2-3-5-9/h8-9H,2-7,10H2,1H3. The van der Waals surface area contributed by atoms with Crippen molar-refractivity contribution in [2.45, 2.75) is 38.7 Å². The number of nitrogens with two attached hydrogens (primary N) is 1. The van der Waals surface area contributed by atoms with E-state index in [0.29, 0.717) is 12.6 Å². The van der Waals surface area contributed by atoms with Crippen LogP contribution in [-0.2, 0) is 4.74 Å². The van der Waals surface area contributed by atoms with Crippen molar-refractivity contribution in [2.24, 2.45) is 11.7 Å². The first-order valence-corrected chi connectivity index (χ1v) is 4.66. The fraction of sp³-hybridized carbons (Fsp3) is 1.00. The zero-order valence-electron chi connectivity index (χ0n) is 7.38. The molecule has 1 aliphatic rings. The highest BCUT2D eigenvalue weighted by molar-refractivity contribution is 4.72. The van der Waals surface area contributed by atoms with E-state index in [2.05, 4.69) is 6.92 Å². The molecule has 0 aromatic rings. The summed E-state index contributed by atoms with van der Waals surface area (Å²) >= 11 is 0. The van der Waals surface area contributed by atoms with E-state index in [1.54, 1.807) is 0 Å². The van der Waals surface area contributed by atoms with Gasteiger partial charge in [-0.05, 0) is 25.7 Å². The molecule has 1 aliphatic carbocycles. The van der Waals surface area contributed by atoms with Gasteiger partial charge in [0.25, 0.3) is 0 Å². The number of ether oxygens (including phenoxy) is 1. The summed E-state index contributed by atoms with van der Waals surface area (Å²) in [5, 5.41) is 0. The molecule has 0 aromatic carbocycles. The number of hydrogen-bond acceptors (Lipinski definition) is 2. The monoisotopic (exact) mass is 157 g/mol. The van der Waals surface area contributed by atoms with Crippen LogP contribution in [0, 0.1) is 5.92 Å². The minimum absolute atomic E-state index is 0.432. The van der Waals surface area contributed by atoms with Gasteiger partial charge in [0.2, 0.25) is 0 Å². The quantitative estimate of drug-likeness (QED) is 0.672. The molecule has 66 valence electrons. The summed E-state index contributed by atoms with van der Waals surface area (Å²) < 4.78 is 5.55. The first kappa shape index (κ1) is 9.01. The molecule has 1 unspecified atom stereocenters. The normalized spacial score (nSPS) is 22.4. The van der Waals surface area contributed by atoms with Gasteiger partial charge in [-0.25, -0.2) is 0 Å². The summed E-state index contributed by atoms with van der Waals surface area (Å²) in [6.45, 7) is 3.54. The summed E-state index contributed by atoms with van der Waals surface area (Å²) in [5.41, 5.74) is 5.35. The van der Waals surface area contributed by atoms with E-state index in [0.717, 1.165) is 12.5 Å². The molecular weight excluding hydrogens is 138 g/mol. The van der Waals surface area contributed by atoms with E-state index in [4.69, 9.17) is 10.5 Å². The summed E-state index contributed by atoms with van der Waals surface area (Å²) in [7, 11) is 0. The molecule has 0 bridgehead atoms. The molecule has 0 spiro atoms. The second-order valence-electron chi connectivity index (χ2n) is 3.41. The molecule has 2 heteroatoms. The maximum absolute atomic E-state index is 5.55. The predicted octanol–water partition coefficient (Wildman–Crippen LogP) is 1.54. The zero-order chi connectivity index (χ0) is 8.10. The second kappa shape index (κ2) is 4.73. The first-order chi connectivity index (χ1) is 5.34. The van der Waals surface area contributed by atoms with Gasteiger partial charge in [-0.1, -0.05) is 12.8 Å². The lowest BCUT2D eigenvalue weighted by Gasteiger charge is -2.18. The van der Waals surface area contributed by atoms with Crippen LogP contribution < -0.4 is 5.73 Å². The van der Waals surface area contributed by atoms with Crippen LogP contribution in [0.2, 0.25) is 0 Å². The summed E-state index contributed by atoms with van der Waals surface area (Å²) in [5.74, 6) is 0.807. The van der Waals surface area contributed by atoms with Crippen molar-refractivity contribution < 1.29 is 4.74 Å². The lowest BCUT2D eigenvalue weighted by Crippen LogP contribution is -2.21. The zero-order valence-corrected chi connectivity index (χ0v) is 7.38. The van der Waals surface area contributed by atoms with Crippen molar-refractivity contribution in [3.05, 3.63) is 0 Å². The van der Waals surface area contributed by atoms with Crippen LogP contribution in [0.1, 0.15) is 32.6 Å².